The van der Waals surface area contributed by atoms with Gasteiger partial charge in [-0.2, -0.15) is 5.10 Å². The number of benzene rings is 1. The lowest BCUT2D eigenvalue weighted by Gasteiger charge is -1.95. The van der Waals surface area contributed by atoms with E-state index in [2.05, 4.69) is 22.1 Å². The molecular formula is C15H17ClN4S2. The first-order chi connectivity index (χ1) is 10.6. The highest BCUT2D eigenvalue weighted by Crippen LogP contribution is 2.27. The molecule has 0 radical (unpaired) electrons. The Morgan fingerprint density at radius 3 is 2.82 bits per heavy atom. The topological polar surface area (TPSA) is 63.6 Å². The van der Waals surface area contributed by atoms with Gasteiger partial charge in [0.25, 0.3) is 0 Å². The van der Waals surface area contributed by atoms with E-state index in [-0.39, 0.29) is 0 Å². The maximum Gasteiger partial charge on any atom is 0.180 e. The molecule has 2 rings (SSSR count). The third kappa shape index (κ3) is 4.83. The molecule has 0 fully saturated rings. The third-order valence-electron chi connectivity index (χ3n) is 2.71. The van der Waals surface area contributed by atoms with E-state index in [9.17, 15) is 0 Å². The van der Waals surface area contributed by atoms with Crippen molar-refractivity contribution in [2.24, 2.45) is 15.9 Å². The largest absolute Gasteiger partial charge is 0.377 e. The van der Waals surface area contributed by atoms with Crippen LogP contribution < -0.4 is 5.73 Å². The molecule has 0 aliphatic carbocycles. The fourth-order valence-corrected chi connectivity index (χ4v) is 3.20. The Kier molecular flexibility index (Phi) is 6.42. The van der Waals surface area contributed by atoms with Crippen molar-refractivity contribution in [1.82, 2.24) is 4.98 Å². The average molecular weight is 353 g/mol. The minimum absolute atomic E-state index is 0.484. The van der Waals surface area contributed by atoms with E-state index in [0.29, 0.717) is 10.2 Å². The zero-order chi connectivity index (χ0) is 15.9. The van der Waals surface area contributed by atoms with Gasteiger partial charge in [-0.1, -0.05) is 42.4 Å². The summed E-state index contributed by atoms with van der Waals surface area (Å²) in [5.74, 6) is 0.950. The lowest BCUT2D eigenvalue weighted by Crippen LogP contribution is -2.06. The van der Waals surface area contributed by atoms with Crippen LogP contribution in [0.1, 0.15) is 23.9 Å². The van der Waals surface area contributed by atoms with E-state index in [1.54, 1.807) is 17.6 Å². The molecule has 0 amide bonds. The van der Waals surface area contributed by atoms with Crippen LogP contribution in [0.25, 0.3) is 10.6 Å². The van der Waals surface area contributed by atoms with Crippen molar-refractivity contribution in [1.29, 1.82) is 0 Å². The van der Waals surface area contributed by atoms with Crippen LogP contribution in [0.15, 0.2) is 34.5 Å². The number of nitrogens with zero attached hydrogens (tertiary/aromatic N) is 3. The SMILES string of the molecule is CCCS/C(N)=N/N=C/c1sc(-c2ccc(Cl)cc2)nc1C. The van der Waals surface area contributed by atoms with Gasteiger partial charge in [-0.15, -0.1) is 16.4 Å². The molecule has 0 unspecified atom stereocenters. The number of amidine groups is 1. The molecule has 4 nitrogen and oxygen atoms in total. The van der Waals surface area contributed by atoms with Crippen LogP contribution in [0.5, 0.6) is 0 Å². The molecule has 2 aromatic rings. The van der Waals surface area contributed by atoms with Crippen LogP contribution in [0.4, 0.5) is 0 Å². The number of aromatic nitrogens is 1. The molecule has 2 N–H and O–H groups in total. The van der Waals surface area contributed by atoms with Gasteiger partial charge >= 0.3 is 0 Å². The first-order valence-electron chi connectivity index (χ1n) is 6.82. The first-order valence-corrected chi connectivity index (χ1v) is 9.00. The van der Waals surface area contributed by atoms with E-state index >= 15 is 0 Å². The zero-order valence-electron chi connectivity index (χ0n) is 12.4. The molecule has 0 saturated heterocycles. The summed E-state index contributed by atoms with van der Waals surface area (Å²) in [5, 5.41) is 10.2. The molecule has 0 spiro atoms. The standard InChI is InChI=1S/C15H17ClN4S2/c1-3-8-21-15(17)20-18-9-13-10(2)19-14(22-13)11-4-6-12(16)7-5-11/h4-7,9H,3,8H2,1-2H3,(H2,17,20)/b18-9+. The molecule has 0 saturated carbocycles. The quantitative estimate of drug-likeness (QED) is 0.487. The Morgan fingerprint density at radius 2 is 2.14 bits per heavy atom. The maximum atomic E-state index is 5.90. The molecule has 22 heavy (non-hydrogen) atoms. The monoisotopic (exact) mass is 352 g/mol. The van der Waals surface area contributed by atoms with E-state index in [0.717, 1.165) is 33.3 Å². The van der Waals surface area contributed by atoms with Crippen LogP contribution in [0.3, 0.4) is 0 Å². The second-order valence-corrected chi connectivity index (χ2v) is 7.09. The molecule has 1 aromatic heterocycles. The van der Waals surface area contributed by atoms with Crippen molar-refractivity contribution in [2.75, 3.05) is 5.75 Å². The Hall–Kier alpha value is -1.37. The van der Waals surface area contributed by atoms with Crippen LogP contribution in [0, 0.1) is 6.92 Å². The highest BCUT2D eigenvalue weighted by Gasteiger charge is 2.07. The number of thiazole rings is 1. The van der Waals surface area contributed by atoms with Crippen molar-refractivity contribution in [2.45, 2.75) is 20.3 Å². The van der Waals surface area contributed by atoms with Gasteiger partial charge in [0.15, 0.2) is 5.17 Å². The van der Waals surface area contributed by atoms with Crippen LogP contribution >= 0.6 is 34.7 Å². The second kappa shape index (κ2) is 8.31. The smallest absolute Gasteiger partial charge is 0.180 e. The number of nitrogens with two attached hydrogens (primary N) is 1. The lowest BCUT2D eigenvalue weighted by molar-refractivity contribution is 1.11. The van der Waals surface area contributed by atoms with E-state index in [4.69, 9.17) is 17.3 Å². The van der Waals surface area contributed by atoms with Crippen LogP contribution in [-0.2, 0) is 0 Å². The van der Waals surface area contributed by atoms with Gasteiger partial charge in [0.2, 0.25) is 0 Å². The summed E-state index contributed by atoms with van der Waals surface area (Å²) in [6, 6.07) is 7.63. The number of aryl methyl sites for hydroxylation is 1. The Labute approximate surface area is 143 Å². The summed E-state index contributed by atoms with van der Waals surface area (Å²) < 4.78 is 0. The highest BCUT2D eigenvalue weighted by molar-refractivity contribution is 8.13. The molecule has 1 aromatic carbocycles. The minimum atomic E-state index is 0.484. The third-order valence-corrected chi connectivity index (χ3v) is 5.09. The second-order valence-electron chi connectivity index (χ2n) is 4.51. The first kappa shape index (κ1) is 17.0. The highest BCUT2D eigenvalue weighted by atomic mass is 35.5. The number of rotatable bonds is 5. The molecule has 0 aliphatic rings. The van der Waals surface area contributed by atoms with E-state index in [1.807, 2.05) is 31.2 Å². The summed E-state index contributed by atoms with van der Waals surface area (Å²) in [6.45, 7) is 4.05. The van der Waals surface area contributed by atoms with Crippen LogP contribution in [0.2, 0.25) is 5.02 Å². The lowest BCUT2D eigenvalue weighted by atomic mass is 10.2. The summed E-state index contributed by atoms with van der Waals surface area (Å²) >= 11 is 8.98. The fraction of sp³-hybridized carbons (Fsp3) is 0.267. The summed E-state index contributed by atoms with van der Waals surface area (Å²) in [4.78, 5) is 5.53. The Balaban J connectivity index is 2.11. The van der Waals surface area contributed by atoms with Gasteiger partial charge in [-0.25, -0.2) is 4.98 Å². The van der Waals surface area contributed by atoms with Gasteiger partial charge in [-0.05, 0) is 25.5 Å². The normalized spacial score (nSPS) is 12.2. The van der Waals surface area contributed by atoms with Gasteiger partial charge in [-0.3, -0.25) is 0 Å². The Morgan fingerprint density at radius 1 is 1.41 bits per heavy atom. The molecule has 0 bridgehead atoms. The molecule has 1 heterocycles. The summed E-state index contributed by atoms with van der Waals surface area (Å²) in [6.07, 6.45) is 2.76. The zero-order valence-corrected chi connectivity index (χ0v) is 14.8. The summed E-state index contributed by atoms with van der Waals surface area (Å²) in [5.41, 5.74) is 7.71. The van der Waals surface area contributed by atoms with Gasteiger partial charge < -0.3 is 5.73 Å². The van der Waals surface area contributed by atoms with Crippen molar-refractivity contribution in [3.63, 3.8) is 0 Å². The summed E-state index contributed by atoms with van der Waals surface area (Å²) in [7, 11) is 0. The predicted molar refractivity (Wildman–Crippen MR) is 99.3 cm³/mol. The van der Waals surface area contributed by atoms with Crippen molar-refractivity contribution < 1.29 is 0 Å². The Bertz CT molecular complexity index is 677. The number of hydrogen-bond acceptors (Lipinski definition) is 5. The van der Waals surface area contributed by atoms with Crippen LogP contribution in [-0.4, -0.2) is 22.1 Å². The average Bonchev–Trinajstić information content (AvgIpc) is 2.87. The van der Waals surface area contributed by atoms with E-state index < -0.39 is 0 Å². The molecule has 0 atom stereocenters. The molecule has 7 heteroatoms. The maximum absolute atomic E-state index is 5.90. The van der Waals surface area contributed by atoms with Crippen molar-refractivity contribution in [3.8, 4) is 10.6 Å². The minimum Gasteiger partial charge on any atom is -0.377 e. The number of halogens is 1. The van der Waals surface area contributed by atoms with Crippen molar-refractivity contribution in [3.05, 3.63) is 39.9 Å². The predicted octanol–water partition coefficient (Wildman–Crippen LogP) is 4.56. The molecular weight excluding hydrogens is 336 g/mol. The van der Waals surface area contributed by atoms with Crippen molar-refractivity contribution >= 4 is 46.1 Å². The molecule has 0 aliphatic heterocycles. The van der Waals surface area contributed by atoms with Gasteiger partial charge in [0.05, 0.1) is 16.8 Å². The number of hydrogen-bond donors (Lipinski definition) is 1. The van der Waals surface area contributed by atoms with E-state index in [1.165, 1.54) is 11.8 Å². The number of thioether (sulfide) groups is 1. The fourth-order valence-electron chi connectivity index (χ4n) is 1.62. The van der Waals surface area contributed by atoms with Gasteiger partial charge in [0.1, 0.15) is 5.01 Å². The van der Waals surface area contributed by atoms with Gasteiger partial charge in [0, 0.05) is 16.3 Å². The molecule has 116 valence electrons.